The van der Waals surface area contributed by atoms with Crippen molar-refractivity contribution in [2.24, 2.45) is 5.92 Å². The minimum atomic E-state index is -1.55. The fraction of sp³-hybridized carbons (Fsp3) is 0.611. The number of ether oxygens (including phenoxy) is 2. The fourth-order valence-corrected chi connectivity index (χ4v) is 3.84. The average Bonchev–Trinajstić information content (AvgIpc) is 2.99. The van der Waals surface area contributed by atoms with Gasteiger partial charge in [-0.3, -0.25) is 14.5 Å². The molecule has 3 rings (SSSR count). The molecule has 1 aromatic rings. The van der Waals surface area contributed by atoms with Crippen LogP contribution in [0.4, 0.5) is 0 Å². The number of rotatable bonds is 6. The van der Waals surface area contributed by atoms with Crippen molar-refractivity contribution in [3.05, 3.63) is 23.5 Å². The Morgan fingerprint density at radius 3 is 2.80 bits per heavy atom. The Balaban J connectivity index is 2.13. The van der Waals surface area contributed by atoms with Crippen LogP contribution in [0.15, 0.2) is 16.7 Å². The monoisotopic (exact) mass is 348 g/mol. The molecule has 2 aliphatic carbocycles. The maximum atomic E-state index is 13.3. The lowest BCUT2D eigenvalue weighted by molar-refractivity contribution is -0.141. The van der Waals surface area contributed by atoms with E-state index in [4.69, 9.17) is 14.0 Å². The van der Waals surface area contributed by atoms with Gasteiger partial charge in [0.05, 0.1) is 12.6 Å². The van der Waals surface area contributed by atoms with E-state index in [-0.39, 0.29) is 29.2 Å². The van der Waals surface area contributed by atoms with Crippen LogP contribution < -0.4 is 4.74 Å². The molecule has 0 bridgehead atoms. The van der Waals surface area contributed by atoms with Gasteiger partial charge in [-0.05, 0) is 38.2 Å². The van der Waals surface area contributed by atoms with Gasteiger partial charge in [0.25, 0.3) is 5.88 Å². The number of ketones is 2. The third kappa shape index (κ3) is 2.53. The Bertz CT molecular complexity index is 708. The topological polar surface area (TPSA) is 81.9 Å². The highest BCUT2D eigenvalue weighted by Gasteiger charge is 2.62. The molecule has 0 N–H and O–H groups in total. The zero-order valence-corrected chi connectivity index (χ0v) is 15.1. The first-order valence-electron chi connectivity index (χ1n) is 8.58. The van der Waals surface area contributed by atoms with Gasteiger partial charge in [-0.1, -0.05) is 19.4 Å². The van der Waals surface area contributed by atoms with Gasteiger partial charge in [-0.25, -0.2) is 0 Å². The minimum Gasteiger partial charge on any atom is -0.475 e. The first kappa shape index (κ1) is 17.8. The number of unbranched alkanes of at least 4 members (excludes halogenated alkanes) is 1. The molecule has 0 saturated heterocycles. The van der Waals surface area contributed by atoms with Gasteiger partial charge in [-0.15, -0.1) is 0 Å². The van der Waals surface area contributed by atoms with Crippen LogP contribution >= 0.6 is 0 Å². The number of hydrogen-bond acceptors (Lipinski definition) is 7. The van der Waals surface area contributed by atoms with Crippen molar-refractivity contribution in [1.82, 2.24) is 10.1 Å². The summed E-state index contributed by atoms with van der Waals surface area (Å²) in [6, 6.07) is -0.308. The SMILES string of the molecule is CCCCOc1noc2c1C(=O)[C@@]1(OC)C(=O)C=CC[C@H]1[C@H]2N(C)C. The van der Waals surface area contributed by atoms with Gasteiger partial charge in [-0.2, -0.15) is 0 Å². The fourth-order valence-electron chi connectivity index (χ4n) is 3.84. The third-order valence-electron chi connectivity index (χ3n) is 5.06. The van der Waals surface area contributed by atoms with Crippen LogP contribution in [0.25, 0.3) is 0 Å². The highest BCUT2D eigenvalue weighted by molar-refractivity contribution is 6.23. The smallest absolute Gasteiger partial charge is 0.265 e. The maximum Gasteiger partial charge on any atom is 0.265 e. The van der Waals surface area contributed by atoms with Gasteiger partial charge in [0.1, 0.15) is 5.56 Å². The molecule has 0 amide bonds. The van der Waals surface area contributed by atoms with Crippen molar-refractivity contribution >= 4 is 11.6 Å². The third-order valence-corrected chi connectivity index (χ3v) is 5.06. The number of hydrogen-bond donors (Lipinski definition) is 0. The summed E-state index contributed by atoms with van der Waals surface area (Å²) in [6.45, 7) is 2.49. The van der Waals surface area contributed by atoms with Crippen molar-refractivity contribution in [2.75, 3.05) is 27.8 Å². The Hall–Kier alpha value is -1.99. The largest absolute Gasteiger partial charge is 0.475 e. The van der Waals surface area contributed by atoms with Gasteiger partial charge in [0.2, 0.25) is 5.78 Å². The molecule has 0 fully saturated rings. The van der Waals surface area contributed by atoms with Crippen LogP contribution in [-0.4, -0.2) is 55.0 Å². The van der Waals surface area contributed by atoms with Crippen molar-refractivity contribution in [3.8, 4) is 5.88 Å². The minimum absolute atomic E-state index is 0.150. The molecular formula is C18H24N2O5. The highest BCUT2D eigenvalue weighted by atomic mass is 16.5. The molecule has 0 spiro atoms. The van der Waals surface area contributed by atoms with E-state index in [1.807, 2.05) is 25.9 Å². The molecule has 1 aromatic heterocycles. The second-order valence-electron chi connectivity index (χ2n) is 6.72. The number of allylic oxidation sites excluding steroid dienone is 1. The Morgan fingerprint density at radius 2 is 2.16 bits per heavy atom. The summed E-state index contributed by atoms with van der Waals surface area (Å²) in [7, 11) is 5.17. The predicted molar refractivity (Wildman–Crippen MR) is 89.7 cm³/mol. The average molecular weight is 348 g/mol. The molecule has 0 aliphatic heterocycles. The molecule has 0 saturated carbocycles. The van der Waals surface area contributed by atoms with Crippen LogP contribution in [0.5, 0.6) is 5.88 Å². The van der Waals surface area contributed by atoms with Gasteiger partial charge < -0.3 is 14.0 Å². The van der Waals surface area contributed by atoms with E-state index in [0.717, 1.165) is 12.8 Å². The second-order valence-corrected chi connectivity index (χ2v) is 6.72. The van der Waals surface area contributed by atoms with Crippen molar-refractivity contribution in [1.29, 1.82) is 0 Å². The van der Waals surface area contributed by atoms with E-state index in [1.165, 1.54) is 13.2 Å². The number of methoxy groups -OCH3 is 1. The molecule has 7 heteroatoms. The molecule has 136 valence electrons. The van der Waals surface area contributed by atoms with Crippen LogP contribution in [0.3, 0.4) is 0 Å². The van der Waals surface area contributed by atoms with E-state index in [1.54, 1.807) is 6.08 Å². The number of fused-ring (bicyclic) bond motifs is 2. The lowest BCUT2D eigenvalue weighted by Gasteiger charge is -2.46. The lowest BCUT2D eigenvalue weighted by atomic mass is 9.65. The number of aromatic nitrogens is 1. The predicted octanol–water partition coefficient (Wildman–Crippen LogP) is 2.18. The number of carbonyl (C=O) groups is 2. The molecule has 0 unspecified atom stereocenters. The van der Waals surface area contributed by atoms with Gasteiger partial charge in [0, 0.05) is 13.0 Å². The summed E-state index contributed by atoms with van der Waals surface area (Å²) >= 11 is 0. The van der Waals surface area contributed by atoms with Gasteiger partial charge >= 0.3 is 0 Å². The Kier molecular flexibility index (Phi) is 4.79. The zero-order valence-electron chi connectivity index (χ0n) is 15.1. The molecule has 0 radical (unpaired) electrons. The van der Waals surface area contributed by atoms with Crippen molar-refractivity contribution in [2.45, 2.75) is 37.8 Å². The summed E-state index contributed by atoms with van der Waals surface area (Å²) in [4.78, 5) is 28.0. The number of Topliss-reactive ketones (excluding diaryl/α,β-unsaturated/α-hetero) is 1. The summed E-state index contributed by atoms with van der Waals surface area (Å²) < 4.78 is 16.8. The molecular weight excluding hydrogens is 324 g/mol. The Morgan fingerprint density at radius 1 is 1.40 bits per heavy atom. The van der Waals surface area contributed by atoms with Gasteiger partial charge in [0.15, 0.2) is 17.1 Å². The molecule has 1 heterocycles. The maximum absolute atomic E-state index is 13.3. The second kappa shape index (κ2) is 6.72. The van der Waals surface area contributed by atoms with E-state index >= 15 is 0 Å². The standard InChI is InChI=1S/C18H24N2O5/c1-5-6-10-24-17-13-15(25-19-17)14(20(2)3)11-8-7-9-12(21)18(11,23-4)16(13)22/h7,9,11,14H,5-6,8,10H2,1-4H3/t11-,14+,18-/m0/s1. The molecule has 3 atom stereocenters. The molecule has 0 aromatic carbocycles. The lowest BCUT2D eigenvalue weighted by Crippen LogP contribution is -2.60. The van der Waals surface area contributed by atoms with E-state index < -0.39 is 11.4 Å². The Labute approximate surface area is 146 Å². The quantitative estimate of drug-likeness (QED) is 0.575. The first-order valence-corrected chi connectivity index (χ1v) is 8.58. The van der Waals surface area contributed by atoms with Crippen LogP contribution in [0.1, 0.15) is 48.3 Å². The highest BCUT2D eigenvalue weighted by Crippen LogP contribution is 2.50. The summed E-state index contributed by atoms with van der Waals surface area (Å²) in [5, 5.41) is 3.97. The van der Waals surface area contributed by atoms with E-state index in [0.29, 0.717) is 18.8 Å². The summed E-state index contributed by atoms with van der Waals surface area (Å²) in [6.07, 6.45) is 5.56. The summed E-state index contributed by atoms with van der Waals surface area (Å²) in [5.74, 6) is -0.536. The number of nitrogens with zero attached hydrogens (tertiary/aromatic N) is 2. The summed E-state index contributed by atoms with van der Waals surface area (Å²) in [5.41, 5.74) is -1.32. The molecule has 2 aliphatic rings. The normalized spacial score (nSPS) is 28.2. The number of carbonyl (C=O) groups excluding carboxylic acids is 2. The first-order chi connectivity index (χ1) is 12.0. The van der Waals surface area contributed by atoms with E-state index in [2.05, 4.69) is 5.16 Å². The van der Waals surface area contributed by atoms with Crippen molar-refractivity contribution in [3.63, 3.8) is 0 Å². The molecule has 25 heavy (non-hydrogen) atoms. The van der Waals surface area contributed by atoms with Crippen LogP contribution in [0.2, 0.25) is 0 Å². The van der Waals surface area contributed by atoms with Crippen LogP contribution in [-0.2, 0) is 9.53 Å². The zero-order chi connectivity index (χ0) is 18.2. The van der Waals surface area contributed by atoms with E-state index in [9.17, 15) is 9.59 Å². The van der Waals surface area contributed by atoms with Crippen molar-refractivity contribution < 1.29 is 23.6 Å². The molecule has 7 nitrogen and oxygen atoms in total. The van der Waals surface area contributed by atoms with Crippen LogP contribution in [0, 0.1) is 5.92 Å².